The number of carbonyl (C=O) groups excluding carboxylic acids is 1. The van der Waals surface area contributed by atoms with Gasteiger partial charge in [-0.15, -0.1) is 0 Å². The molecule has 0 aliphatic heterocycles. The molecule has 0 bridgehead atoms. The van der Waals surface area contributed by atoms with Gasteiger partial charge in [-0.25, -0.2) is 23.1 Å². The van der Waals surface area contributed by atoms with Crippen molar-refractivity contribution in [1.82, 2.24) is 14.3 Å². The number of Topliss-reactive ketones (excluding diaryl/α,β-unsaturated/α-hetero) is 1. The molecule has 1 atom stereocenters. The molecule has 0 amide bonds. The molecule has 34 heavy (non-hydrogen) atoms. The van der Waals surface area contributed by atoms with E-state index in [0.29, 0.717) is 29.6 Å². The zero-order valence-electron chi connectivity index (χ0n) is 20.4. The summed E-state index contributed by atoms with van der Waals surface area (Å²) in [5.41, 5.74) is 3.65. The molecule has 0 saturated carbocycles. The first kappa shape index (κ1) is 26.3. The van der Waals surface area contributed by atoms with Gasteiger partial charge >= 0.3 is 0 Å². The largest absolute Gasteiger partial charge is 0.303 e. The number of aliphatic imine (C=N–C) groups is 1. The summed E-state index contributed by atoms with van der Waals surface area (Å²) >= 11 is 1.42. The Morgan fingerprint density at radius 1 is 1.35 bits per heavy atom. The van der Waals surface area contributed by atoms with Gasteiger partial charge in [0.25, 0.3) is 0 Å². The number of ketones is 1. The molecule has 8 nitrogen and oxygen atoms in total. The Bertz CT molecular complexity index is 1230. The van der Waals surface area contributed by atoms with Crippen LogP contribution in [0.15, 0.2) is 27.2 Å². The van der Waals surface area contributed by atoms with Crippen molar-refractivity contribution in [2.75, 3.05) is 12.3 Å². The van der Waals surface area contributed by atoms with Crippen LogP contribution in [-0.4, -0.2) is 48.0 Å². The molecule has 184 valence electrons. The Hall–Kier alpha value is -2.30. The van der Waals surface area contributed by atoms with E-state index < -0.39 is 10.0 Å². The lowest BCUT2D eigenvalue weighted by Gasteiger charge is -2.13. The van der Waals surface area contributed by atoms with Crippen LogP contribution < -0.4 is 4.72 Å². The lowest BCUT2D eigenvalue weighted by molar-refractivity contribution is 0.0994. The second-order valence-electron chi connectivity index (χ2n) is 8.60. The summed E-state index contributed by atoms with van der Waals surface area (Å²) in [5, 5.41) is 8.87. The van der Waals surface area contributed by atoms with Crippen LogP contribution in [0.3, 0.4) is 0 Å². The lowest BCUT2D eigenvalue weighted by atomic mass is 10.1. The monoisotopic (exact) mass is 503 g/mol. The Morgan fingerprint density at radius 2 is 2.09 bits per heavy atom. The molecule has 1 unspecified atom stereocenters. The van der Waals surface area contributed by atoms with Crippen LogP contribution in [0.1, 0.15) is 67.7 Å². The number of carbonyl (C=O) groups is 1. The van der Waals surface area contributed by atoms with E-state index in [1.54, 1.807) is 13.8 Å². The van der Waals surface area contributed by atoms with Crippen LogP contribution in [0.2, 0.25) is 0 Å². The highest BCUT2D eigenvalue weighted by Gasteiger charge is 2.24. The number of fused-ring (bicyclic) bond motifs is 1. The zero-order valence-corrected chi connectivity index (χ0v) is 22.1. The molecule has 1 heterocycles. The van der Waals surface area contributed by atoms with E-state index in [1.807, 2.05) is 23.8 Å². The Morgan fingerprint density at radius 3 is 2.74 bits per heavy atom. The predicted octanol–water partition coefficient (Wildman–Crippen LogP) is 4.55. The van der Waals surface area contributed by atoms with Crippen molar-refractivity contribution in [2.45, 2.75) is 70.5 Å². The van der Waals surface area contributed by atoms with Gasteiger partial charge in [-0.05, 0) is 56.7 Å². The fourth-order valence-electron chi connectivity index (χ4n) is 3.61. The molecule has 1 aliphatic rings. The van der Waals surface area contributed by atoms with Crippen LogP contribution in [0.5, 0.6) is 0 Å². The third-order valence-electron chi connectivity index (χ3n) is 5.92. The first-order valence-corrected chi connectivity index (χ1v) is 14.0. The van der Waals surface area contributed by atoms with Crippen molar-refractivity contribution in [3.8, 4) is 0 Å². The van der Waals surface area contributed by atoms with E-state index in [1.165, 1.54) is 11.8 Å². The minimum absolute atomic E-state index is 0.00473. The molecular formula is C24H33N5O3S2. The maximum atomic E-state index is 12.3. The van der Waals surface area contributed by atoms with Crippen molar-refractivity contribution in [3.05, 3.63) is 34.5 Å². The van der Waals surface area contributed by atoms with E-state index in [0.717, 1.165) is 34.4 Å². The summed E-state index contributed by atoms with van der Waals surface area (Å²) in [6, 6.07) is 4.00. The second kappa shape index (κ2) is 11.0. The number of aromatic nitrogens is 2. The number of hydrogen-bond acceptors (Lipinski definition) is 7. The van der Waals surface area contributed by atoms with E-state index >= 15 is 0 Å². The fourth-order valence-corrected chi connectivity index (χ4v) is 5.23. The molecule has 1 aromatic heterocycles. The maximum Gasteiger partial charge on any atom is 0.211 e. The number of hydrogen-bond donors (Lipinski definition) is 2. The van der Waals surface area contributed by atoms with Gasteiger partial charge in [-0.3, -0.25) is 4.79 Å². The SMILES string of the molecule is CCC(C)C=Nc1c(C(C)=N)nc(Sc2cc3c(cc2C)CCC3=O)n1CCNS(=O)(=O)CC. The standard InChI is InChI=1S/C24H33N5O3S2/c1-6-15(3)14-26-23-22(17(5)25)28-24(29(23)11-10-27-34(31,32)7-2)33-21-13-19-18(12-16(21)4)8-9-20(19)30/h12-15,25,27H,6-11H2,1-5H3. The number of aryl methyl sites for hydroxylation is 2. The van der Waals surface area contributed by atoms with Gasteiger partial charge in [0.15, 0.2) is 16.8 Å². The van der Waals surface area contributed by atoms with E-state index in [4.69, 9.17) is 10.4 Å². The molecular weight excluding hydrogens is 470 g/mol. The topological polar surface area (TPSA) is 117 Å². The number of benzene rings is 1. The highest BCUT2D eigenvalue weighted by molar-refractivity contribution is 7.99. The third-order valence-corrected chi connectivity index (χ3v) is 8.48. The van der Waals surface area contributed by atoms with E-state index in [2.05, 4.69) is 29.6 Å². The highest BCUT2D eigenvalue weighted by Crippen LogP contribution is 2.37. The van der Waals surface area contributed by atoms with E-state index in [-0.39, 0.29) is 29.7 Å². The minimum atomic E-state index is -3.34. The van der Waals surface area contributed by atoms with Gasteiger partial charge in [0, 0.05) is 36.2 Å². The summed E-state index contributed by atoms with van der Waals surface area (Å²) < 4.78 is 28.4. The smallest absolute Gasteiger partial charge is 0.211 e. The number of rotatable bonds is 11. The van der Waals surface area contributed by atoms with Gasteiger partial charge < -0.3 is 9.98 Å². The molecule has 0 saturated heterocycles. The van der Waals surface area contributed by atoms with Crippen LogP contribution in [0, 0.1) is 18.3 Å². The van der Waals surface area contributed by atoms with Crippen molar-refractivity contribution >= 4 is 45.3 Å². The summed E-state index contributed by atoms with van der Waals surface area (Å²) in [4.78, 5) is 22.6. The number of nitrogens with one attached hydrogen (secondary N) is 2. The number of sulfonamides is 1. The molecule has 1 aromatic carbocycles. The normalized spacial score (nSPS) is 14.7. The average molecular weight is 504 g/mol. The lowest BCUT2D eigenvalue weighted by Crippen LogP contribution is -2.28. The number of nitrogens with zero attached hydrogens (tertiary/aromatic N) is 3. The van der Waals surface area contributed by atoms with Gasteiger partial charge in [-0.1, -0.05) is 31.7 Å². The molecule has 10 heteroatoms. The summed E-state index contributed by atoms with van der Waals surface area (Å²) in [5.74, 6) is 0.955. The maximum absolute atomic E-state index is 12.3. The number of imidazole rings is 1. The highest BCUT2D eigenvalue weighted by atomic mass is 32.2. The molecule has 0 spiro atoms. The molecule has 3 rings (SSSR count). The summed E-state index contributed by atoms with van der Waals surface area (Å²) in [6.07, 6.45) is 4.10. The Kier molecular flexibility index (Phi) is 8.48. The average Bonchev–Trinajstić information content (AvgIpc) is 3.32. The van der Waals surface area contributed by atoms with Gasteiger partial charge in [-0.2, -0.15) is 0 Å². The minimum Gasteiger partial charge on any atom is -0.303 e. The van der Waals surface area contributed by atoms with Crippen LogP contribution >= 0.6 is 11.8 Å². The molecule has 1 aliphatic carbocycles. The van der Waals surface area contributed by atoms with Crippen LogP contribution in [0.4, 0.5) is 5.82 Å². The third kappa shape index (κ3) is 6.03. The summed E-state index contributed by atoms with van der Waals surface area (Å²) in [6.45, 7) is 9.92. The van der Waals surface area contributed by atoms with Crippen LogP contribution in [0.25, 0.3) is 0 Å². The first-order chi connectivity index (χ1) is 16.1. The quantitative estimate of drug-likeness (QED) is 0.436. The van der Waals surface area contributed by atoms with Gasteiger partial charge in [0.2, 0.25) is 10.0 Å². The fraction of sp³-hybridized carbons (Fsp3) is 0.500. The molecule has 0 fully saturated rings. The predicted molar refractivity (Wildman–Crippen MR) is 138 cm³/mol. The Balaban J connectivity index is 2.04. The molecule has 0 radical (unpaired) electrons. The zero-order chi connectivity index (χ0) is 25.0. The van der Waals surface area contributed by atoms with Gasteiger partial charge in [0.05, 0.1) is 11.5 Å². The first-order valence-electron chi connectivity index (χ1n) is 11.6. The molecule has 2 N–H and O–H groups in total. The van der Waals surface area contributed by atoms with E-state index in [9.17, 15) is 13.2 Å². The van der Waals surface area contributed by atoms with Crippen molar-refractivity contribution in [2.24, 2.45) is 10.9 Å². The van der Waals surface area contributed by atoms with Crippen molar-refractivity contribution < 1.29 is 13.2 Å². The molecule has 2 aromatic rings. The van der Waals surface area contributed by atoms with Gasteiger partial charge in [0.1, 0.15) is 5.69 Å². The summed E-state index contributed by atoms with van der Waals surface area (Å²) in [7, 11) is -3.34. The van der Waals surface area contributed by atoms with Crippen molar-refractivity contribution in [1.29, 1.82) is 5.41 Å². The van der Waals surface area contributed by atoms with Crippen molar-refractivity contribution in [3.63, 3.8) is 0 Å². The second-order valence-corrected chi connectivity index (χ2v) is 11.7. The Labute approximate surface area is 206 Å². The van der Waals surface area contributed by atoms with Crippen LogP contribution in [-0.2, 0) is 23.0 Å².